The number of hydrogen-bond acceptors (Lipinski definition) is 2. The number of nitrogens with one attached hydrogen (secondary N) is 1. The van der Waals surface area contributed by atoms with Crippen molar-refractivity contribution in [2.24, 2.45) is 0 Å². The van der Waals surface area contributed by atoms with Crippen LogP contribution >= 0.6 is 15.9 Å². The summed E-state index contributed by atoms with van der Waals surface area (Å²) in [5.74, 6) is -0.209. The molecule has 0 aliphatic rings. The van der Waals surface area contributed by atoms with Gasteiger partial charge in [-0.1, -0.05) is 0 Å². The van der Waals surface area contributed by atoms with Crippen LogP contribution < -0.4 is 5.43 Å². The molecule has 4 heteroatoms. The van der Waals surface area contributed by atoms with Crippen LogP contribution in [0.2, 0.25) is 0 Å². The fraction of sp³-hybridized carbons (Fsp3) is 0.333. The Labute approximate surface area is 84.3 Å². The topological polar surface area (TPSA) is 49.9 Å². The fourth-order valence-electron chi connectivity index (χ4n) is 1.27. The van der Waals surface area contributed by atoms with E-state index in [2.05, 4.69) is 20.9 Å². The van der Waals surface area contributed by atoms with Crippen LogP contribution in [0.1, 0.15) is 28.7 Å². The Hall–Kier alpha value is -0.900. The first-order chi connectivity index (χ1) is 5.95. The molecule has 0 aromatic carbocycles. The van der Waals surface area contributed by atoms with E-state index in [1.165, 1.54) is 6.92 Å². The molecule has 0 aliphatic carbocycles. The quantitative estimate of drug-likeness (QED) is 0.767. The van der Waals surface area contributed by atoms with Gasteiger partial charge in [-0.25, -0.2) is 0 Å². The van der Waals surface area contributed by atoms with Gasteiger partial charge in [0.1, 0.15) is 0 Å². The van der Waals surface area contributed by atoms with Crippen molar-refractivity contribution in [2.45, 2.75) is 20.8 Å². The van der Waals surface area contributed by atoms with Crippen molar-refractivity contribution in [3.63, 3.8) is 0 Å². The molecule has 1 aromatic heterocycles. The first kappa shape index (κ1) is 10.2. The van der Waals surface area contributed by atoms with Gasteiger partial charge in [-0.3, -0.25) is 9.59 Å². The molecule has 1 rings (SSSR count). The average Bonchev–Trinajstić information content (AvgIpc) is 1.99. The van der Waals surface area contributed by atoms with Gasteiger partial charge in [0.2, 0.25) is 5.43 Å². The third-order valence-electron chi connectivity index (χ3n) is 1.86. The van der Waals surface area contributed by atoms with Crippen molar-refractivity contribution in [3.8, 4) is 0 Å². The van der Waals surface area contributed by atoms with Crippen LogP contribution in [-0.4, -0.2) is 10.8 Å². The summed E-state index contributed by atoms with van der Waals surface area (Å²) in [6, 6.07) is 0. The van der Waals surface area contributed by atoms with Crippen molar-refractivity contribution in [2.75, 3.05) is 0 Å². The molecule has 0 bridgehead atoms. The minimum absolute atomic E-state index is 0.209. The Morgan fingerprint density at radius 3 is 2.31 bits per heavy atom. The Morgan fingerprint density at radius 1 is 1.31 bits per heavy atom. The number of H-pyrrole nitrogens is 1. The maximum atomic E-state index is 11.6. The Bertz CT molecular complexity index is 420. The highest BCUT2D eigenvalue weighted by Gasteiger charge is 2.13. The molecular weight excluding hydrogens is 234 g/mol. The minimum Gasteiger partial charge on any atom is -0.361 e. The Morgan fingerprint density at radius 2 is 1.85 bits per heavy atom. The number of aromatic nitrogens is 1. The number of aromatic amines is 1. The molecule has 70 valence electrons. The zero-order valence-corrected chi connectivity index (χ0v) is 9.28. The monoisotopic (exact) mass is 243 g/mol. The van der Waals surface area contributed by atoms with Crippen molar-refractivity contribution >= 4 is 21.7 Å². The summed E-state index contributed by atoms with van der Waals surface area (Å²) >= 11 is 3.14. The molecule has 13 heavy (non-hydrogen) atoms. The van der Waals surface area contributed by atoms with Crippen LogP contribution in [0.4, 0.5) is 0 Å². The predicted octanol–water partition coefficient (Wildman–Crippen LogP) is 1.96. The van der Waals surface area contributed by atoms with Gasteiger partial charge in [0.05, 0.1) is 10.0 Å². The summed E-state index contributed by atoms with van der Waals surface area (Å²) in [7, 11) is 0. The molecule has 0 unspecified atom stereocenters. The molecule has 1 aromatic rings. The zero-order chi connectivity index (χ0) is 10.2. The summed E-state index contributed by atoms with van der Waals surface area (Å²) in [6.07, 6.45) is 0. The average molecular weight is 244 g/mol. The summed E-state index contributed by atoms with van der Waals surface area (Å²) in [5, 5.41) is 0. The SMILES string of the molecule is CC(=O)c1c(C)[nH]c(C)c(Br)c1=O. The highest BCUT2D eigenvalue weighted by molar-refractivity contribution is 9.10. The molecule has 0 aliphatic heterocycles. The molecule has 0 amide bonds. The largest absolute Gasteiger partial charge is 0.361 e. The van der Waals surface area contributed by atoms with E-state index in [0.717, 1.165) is 5.69 Å². The number of aryl methyl sites for hydroxylation is 2. The number of rotatable bonds is 1. The van der Waals surface area contributed by atoms with E-state index in [0.29, 0.717) is 10.2 Å². The van der Waals surface area contributed by atoms with Crippen molar-refractivity contribution in [3.05, 3.63) is 31.6 Å². The van der Waals surface area contributed by atoms with E-state index in [9.17, 15) is 9.59 Å². The zero-order valence-electron chi connectivity index (χ0n) is 7.69. The van der Waals surface area contributed by atoms with Gasteiger partial charge in [0.25, 0.3) is 0 Å². The smallest absolute Gasteiger partial charge is 0.207 e. The number of carbonyl (C=O) groups is 1. The van der Waals surface area contributed by atoms with Crippen LogP contribution in [0.15, 0.2) is 9.27 Å². The number of hydrogen-bond donors (Lipinski definition) is 1. The van der Waals surface area contributed by atoms with E-state index < -0.39 is 0 Å². The van der Waals surface area contributed by atoms with Crippen LogP contribution in [0.3, 0.4) is 0 Å². The van der Waals surface area contributed by atoms with Gasteiger partial charge in [-0.05, 0) is 36.7 Å². The van der Waals surface area contributed by atoms with Crippen molar-refractivity contribution in [1.29, 1.82) is 0 Å². The number of ketones is 1. The van der Waals surface area contributed by atoms with Crippen LogP contribution in [0, 0.1) is 13.8 Å². The predicted molar refractivity (Wildman–Crippen MR) is 54.2 cm³/mol. The van der Waals surface area contributed by atoms with Crippen LogP contribution in [0.5, 0.6) is 0 Å². The third-order valence-corrected chi connectivity index (χ3v) is 2.81. The molecule has 1 heterocycles. The molecule has 0 saturated heterocycles. The lowest BCUT2D eigenvalue weighted by Crippen LogP contribution is -2.18. The van der Waals surface area contributed by atoms with Crippen molar-refractivity contribution < 1.29 is 4.79 Å². The molecular formula is C9H10BrNO2. The van der Waals surface area contributed by atoms with Gasteiger partial charge in [-0.2, -0.15) is 0 Å². The molecule has 0 atom stereocenters. The maximum Gasteiger partial charge on any atom is 0.207 e. The first-order valence-corrected chi connectivity index (χ1v) is 4.64. The standard InChI is InChI=1S/C9H10BrNO2/c1-4-7(6(3)12)9(13)8(10)5(2)11-4/h1-3H3,(H,11,13). The molecule has 0 spiro atoms. The van der Waals surface area contributed by atoms with E-state index in [1.54, 1.807) is 13.8 Å². The number of halogens is 1. The summed E-state index contributed by atoms with van der Waals surface area (Å²) in [4.78, 5) is 25.6. The molecule has 0 saturated carbocycles. The minimum atomic E-state index is -0.235. The molecule has 0 fully saturated rings. The third kappa shape index (κ3) is 1.72. The fourth-order valence-corrected chi connectivity index (χ4v) is 1.57. The lowest BCUT2D eigenvalue weighted by atomic mass is 10.1. The van der Waals surface area contributed by atoms with E-state index >= 15 is 0 Å². The summed E-state index contributed by atoms with van der Waals surface area (Å²) < 4.78 is 0.434. The van der Waals surface area contributed by atoms with Gasteiger partial charge in [0.15, 0.2) is 5.78 Å². The van der Waals surface area contributed by atoms with Crippen molar-refractivity contribution in [1.82, 2.24) is 4.98 Å². The first-order valence-electron chi connectivity index (χ1n) is 3.85. The highest BCUT2D eigenvalue weighted by atomic mass is 79.9. The molecule has 3 nitrogen and oxygen atoms in total. The van der Waals surface area contributed by atoms with Gasteiger partial charge >= 0.3 is 0 Å². The number of Topliss-reactive ketones (excluding diaryl/α,β-unsaturated/α-hetero) is 1. The Balaban J connectivity index is 3.63. The van der Waals surface area contributed by atoms with E-state index in [-0.39, 0.29) is 16.8 Å². The lowest BCUT2D eigenvalue weighted by Gasteiger charge is -2.04. The second-order valence-electron chi connectivity index (χ2n) is 2.95. The maximum absolute atomic E-state index is 11.6. The summed E-state index contributed by atoms with van der Waals surface area (Å²) in [5.41, 5.74) is 1.37. The van der Waals surface area contributed by atoms with Crippen LogP contribution in [-0.2, 0) is 0 Å². The van der Waals surface area contributed by atoms with Crippen LogP contribution in [0.25, 0.3) is 0 Å². The van der Waals surface area contributed by atoms with E-state index in [1.807, 2.05) is 0 Å². The lowest BCUT2D eigenvalue weighted by molar-refractivity contribution is 0.101. The van der Waals surface area contributed by atoms with E-state index in [4.69, 9.17) is 0 Å². The molecule has 0 radical (unpaired) electrons. The normalized spacial score (nSPS) is 10.2. The number of carbonyl (C=O) groups excluding carboxylic acids is 1. The molecule has 1 N–H and O–H groups in total. The van der Waals surface area contributed by atoms with Gasteiger partial charge < -0.3 is 4.98 Å². The highest BCUT2D eigenvalue weighted by Crippen LogP contribution is 2.11. The number of pyridine rings is 1. The van der Waals surface area contributed by atoms with Gasteiger partial charge in [-0.15, -0.1) is 0 Å². The second kappa shape index (κ2) is 3.46. The second-order valence-corrected chi connectivity index (χ2v) is 3.74. The summed E-state index contributed by atoms with van der Waals surface area (Å²) in [6.45, 7) is 4.89. The Kier molecular flexibility index (Phi) is 2.71. The van der Waals surface area contributed by atoms with Gasteiger partial charge in [0, 0.05) is 11.4 Å².